The van der Waals surface area contributed by atoms with Gasteiger partial charge in [0.05, 0.1) is 11.3 Å². The van der Waals surface area contributed by atoms with Gasteiger partial charge in [0.25, 0.3) is 0 Å². The summed E-state index contributed by atoms with van der Waals surface area (Å²) in [6.07, 6.45) is -0.0857. The summed E-state index contributed by atoms with van der Waals surface area (Å²) in [6.45, 7) is 3.17. The van der Waals surface area contributed by atoms with Gasteiger partial charge >= 0.3 is 5.97 Å². The van der Waals surface area contributed by atoms with E-state index in [0.29, 0.717) is 17.1 Å². The maximum atomic E-state index is 12.3. The Hall–Kier alpha value is -3.99. The number of nitrogens with zero attached hydrogens (tertiary/aromatic N) is 2. The SMILES string of the molecule is CC(=O)Nc1cccc(/C(C)=N/N=C2\NC(=O)C(CC(=O)Nc3ccc(C(=O)O)cc3)S2)c1. The number of aromatic carboxylic acids is 1. The van der Waals surface area contributed by atoms with Gasteiger partial charge in [-0.3, -0.25) is 14.4 Å². The van der Waals surface area contributed by atoms with Crippen LogP contribution in [0.5, 0.6) is 0 Å². The second-order valence-electron chi connectivity index (χ2n) is 7.08. The van der Waals surface area contributed by atoms with Gasteiger partial charge in [0.1, 0.15) is 5.25 Å². The summed E-state index contributed by atoms with van der Waals surface area (Å²) in [5.74, 6) is -1.98. The van der Waals surface area contributed by atoms with Crippen LogP contribution in [0.25, 0.3) is 0 Å². The van der Waals surface area contributed by atoms with Crippen molar-refractivity contribution in [3.05, 3.63) is 59.7 Å². The van der Waals surface area contributed by atoms with Crippen LogP contribution in [0.1, 0.15) is 36.2 Å². The fourth-order valence-corrected chi connectivity index (χ4v) is 3.78. The number of hydrogen-bond donors (Lipinski definition) is 4. The van der Waals surface area contributed by atoms with E-state index >= 15 is 0 Å². The Kier molecular flexibility index (Phi) is 7.57. The maximum absolute atomic E-state index is 12.3. The molecule has 0 radical (unpaired) electrons. The lowest BCUT2D eigenvalue weighted by molar-refractivity contribution is -0.122. The van der Waals surface area contributed by atoms with Crippen LogP contribution in [0.2, 0.25) is 0 Å². The van der Waals surface area contributed by atoms with E-state index in [1.54, 1.807) is 25.1 Å². The minimum absolute atomic E-state index is 0.0857. The third-order valence-electron chi connectivity index (χ3n) is 4.45. The first-order valence-electron chi connectivity index (χ1n) is 9.82. The van der Waals surface area contributed by atoms with Gasteiger partial charge in [0.2, 0.25) is 17.7 Å². The molecule has 1 heterocycles. The molecule has 1 unspecified atom stereocenters. The van der Waals surface area contributed by atoms with Gasteiger partial charge in [0, 0.05) is 24.7 Å². The van der Waals surface area contributed by atoms with Crippen LogP contribution in [-0.4, -0.2) is 44.9 Å². The Morgan fingerprint density at radius 2 is 1.76 bits per heavy atom. The quantitative estimate of drug-likeness (QED) is 0.363. The molecule has 0 saturated carbocycles. The first kappa shape index (κ1) is 23.7. The number of carboxylic acids is 1. The highest BCUT2D eigenvalue weighted by molar-refractivity contribution is 8.15. The van der Waals surface area contributed by atoms with E-state index in [-0.39, 0.29) is 34.9 Å². The molecule has 1 atom stereocenters. The average Bonchev–Trinajstić information content (AvgIpc) is 3.11. The monoisotopic (exact) mass is 467 g/mol. The lowest BCUT2D eigenvalue weighted by Gasteiger charge is -2.07. The Morgan fingerprint density at radius 1 is 1.03 bits per heavy atom. The Morgan fingerprint density at radius 3 is 2.42 bits per heavy atom. The third kappa shape index (κ3) is 6.74. The van der Waals surface area contributed by atoms with Crippen molar-refractivity contribution in [1.82, 2.24) is 5.32 Å². The number of thioether (sulfide) groups is 1. The molecule has 0 spiro atoms. The summed E-state index contributed by atoms with van der Waals surface area (Å²) in [6, 6.07) is 12.8. The molecule has 11 heteroatoms. The van der Waals surface area contributed by atoms with Crippen molar-refractivity contribution in [1.29, 1.82) is 0 Å². The van der Waals surface area contributed by atoms with Gasteiger partial charge in [0.15, 0.2) is 5.17 Å². The number of anilines is 2. The molecule has 2 aromatic carbocycles. The number of rotatable bonds is 7. The first-order valence-corrected chi connectivity index (χ1v) is 10.7. The molecule has 33 heavy (non-hydrogen) atoms. The van der Waals surface area contributed by atoms with Crippen LogP contribution in [0.4, 0.5) is 11.4 Å². The molecule has 3 amide bonds. The van der Waals surface area contributed by atoms with Gasteiger partial charge in [-0.05, 0) is 48.9 Å². The molecule has 2 aromatic rings. The predicted octanol–water partition coefficient (Wildman–Crippen LogP) is 2.68. The second-order valence-corrected chi connectivity index (χ2v) is 8.27. The first-order chi connectivity index (χ1) is 15.7. The lowest BCUT2D eigenvalue weighted by atomic mass is 10.1. The summed E-state index contributed by atoms with van der Waals surface area (Å²) < 4.78 is 0. The predicted molar refractivity (Wildman–Crippen MR) is 127 cm³/mol. The van der Waals surface area contributed by atoms with Crippen molar-refractivity contribution < 1.29 is 24.3 Å². The maximum Gasteiger partial charge on any atom is 0.335 e. The zero-order valence-corrected chi connectivity index (χ0v) is 18.6. The summed E-state index contributed by atoms with van der Waals surface area (Å²) in [4.78, 5) is 46.6. The summed E-state index contributed by atoms with van der Waals surface area (Å²) in [5.41, 5.74) is 2.51. The van der Waals surface area contributed by atoms with E-state index in [9.17, 15) is 19.2 Å². The molecule has 0 bridgehead atoms. The van der Waals surface area contributed by atoms with E-state index in [4.69, 9.17) is 5.11 Å². The van der Waals surface area contributed by atoms with Crippen molar-refractivity contribution in [2.24, 2.45) is 10.2 Å². The Bertz CT molecular complexity index is 1160. The van der Waals surface area contributed by atoms with E-state index in [0.717, 1.165) is 17.3 Å². The van der Waals surface area contributed by atoms with Crippen molar-refractivity contribution in [2.45, 2.75) is 25.5 Å². The van der Waals surface area contributed by atoms with Gasteiger partial charge in [-0.15, -0.1) is 5.10 Å². The lowest BCUT2D eigenvalue weighted by Crippen LogP contribution is -2.28. The van der Waals surface area contributed by atoms with Crippen LogP contribution in [-0.2, 0) is 14.4 Å². The fraction of sp³-hybridized carbons (Fsp3) is 0.182. The molecule has 170 valence electrons. The summed E-state index contributed by atoms with van der Waals surface area (Å²) in [5, 5.41) is 24.7. The summed E-state index contributed by atoms with van der Waals surface area (Å²) in [7, 11) is 0. The number of carboxylic acid groups (broad SMARTS) is 1. The standard InChI is InChI=1S/C22H21N5O5S/c1-12(15-4-3-5-17(10-15)23-13(2)28)26-27-22-25-20(30)18(33-22)11-19(29)24-16-8-6-14(7-9-16)21(31)32/h3-10,18H,11H2,1-2H3,(H,23,28)(H,24,29)(H,31,32)(H,25,27,30)/b26-12+. The molecule has 1 saturated heterocycles. The number of hydrogen-bond acceptors (Lipinski definition) is 7. The van der Waals surface area contributed by atoms with Crippen molar-refractivity contribution in [3.8, 4) is 0 Å². The van der Waals surface area contributed by atoms with E-state index in [1.807, 2.05) is 6.07 Å². The van der Waals surface area contributed by atoms with Crippen LogP contribution in [0.3, 0.4) is 0 Å². The van der Waals surface area contributed by atoms with Crippen LogP contribution in [0.15, 0.2) is 58.7 Å². The zero-order valence-electron chi connectivity index (χ0n) is 17.8. The topological polar surface area (TPSA) is 149 Å². The van der Waals surface area contributed by atoms with Gasteiger partial charge in [-0.1, -0.05) is 23.9 Å². The van der Waals surface area contributed by atoms with E-state index in [1.165, 1.54) is 31.2 Å². The highest BCUT2D eigenvalue weighted by atomic mass is 32.2. The molecule has 4 N–H and O–H groups in total. The number of carbonyl (C=O) groups is 4. The van der Waals surface area contributed by atoms with Crippen LogP contribution in [0, 0.1) is 0 Å². The highest BCUT2D eigenvalue weighted by Crippen LogP contribution is 2.23. The highest BCUT2D eigenvalue weighted by Gasteiger charge is 2.32. The van der Waals surface area contributed by atoms with Crippen molar-refractivity contribution in [3.63, 3.8) is 0 Å². The molecular formula is C22H21N5O5S. The van der Waals surface area contributed by atoms with Crippen molar-refractivity contribution in [2.75, 3.05) is 10.6 Å². The normalized spacial score (nSPS) is 16.9. The molecule has 0 aromatic heterocycles. The van der Waals surface area contributed by atoms with Crippen LogP contribution >= 0.6 is 11.8 Å². The van der Waals surface area contributed by atoms with Gasteiger partial charge in [-0.2, -0.15) is 5.10 Å². The Labute approximate surface area is 193 Å². The molecule has 0 aliphatic carbocycles. The molecule has 1 fully saturated rings. The summed E-state index contributed by atoms with van der Waals surface area (Å²) >= 11 is 1.10. The van der Waals surface area contributed by atoms with E-state index < -0.39 is 11.2 Å². The molecule has 3 rings (SSSR count). The fourth-order valence-electron chi connectivity index (χ4n) is 2.87. The van der Waals surface area contributed by atoms with Crippen LogP contribution < -0.4 is 16.0 Å². The smallest absolute Gasteiger partial charge is 0.335 e. The second kappa shape index (κ2) is 10.6. The van der Waals surface area contributed by atoms with Gasteiger partial charge < -0.3 is 21.1 Å². The zero-order chi connectivity index (χ0) is 24.0. The number of benzene rings is 2. The molecule has 10 nitrogen and oxygen atoms in total. The number of amidine groups is 1. The minimum atomic E-state index is -1.06. The molecular weight excluding hydrogens is 446 g/mol. The van der Waals surface area contributed by atoms with E-state index in [2.05, 4.69) is 26.2 Å². The third-order valence-corrected chi connectivity index (χ3v) is 5.53. The number of nitrogens with one attached hydrogen (secondary N) is 3. The molecule has 1 aliphatic heterocycles. The largest absolute Gasteiger partial charge is 0.478 e. The number of amides is 3. The number of carbonyl (C=O) groups excluding carboxylic acids is 3. The van der Waals surface area contributed by atoms with Crippen molar-refractivity contribution >= 4 is 57.7 Å². The molecule has 1 aliphatic rings. The van der Waals surface area contributed by atoms with Gasteiger partial charge in [-0.25, -0.2) is 4.79 Å². The Balaban J connectivity index is 1.59. The minimum Gasteiger partial charge on any atom is -0.478 e. The average molecular weight is 468 g/mol.